The van der Waals surface area contributed by atoms with E-state index in [0.29, 0.717) is 6.54 Å². The summed E-state index contributed by atoms with van der Waals surface area (Å²) in [6.45, 7) is 0.602. The second kappa shape index (κ2) is 5.16. The van der Waals surface area contributed by atoms with Gasteiger partial charge in [-0.3, -0.25) is 15.6 Å². The van der Waals surface area contributed by atoms with Crippen molar-refractivity contribution in [2.24, 2.45) is 11.0 Å². The van der Waals surface area contributed by atoms with Crippen molar-refractivity contribution in [3.05, 3.63) is 0 Å². The topological polar surface area (TPSA) is 81.1 Å². The Hall–Kier alpha value is 0.460. The minimum absolute atomic E-state index is 0.602. The third-order valence-electron chi connectivity index (χ3n) is 0.944. The molecule has 0 amide bonds. The van der Waals surface area contributed by atoms with Gasteiger partial charge in [0, 0.05) is 6.54 Å². The van der Waals surface area contributed by atoms with Crippen LogP contribution >= 0.6 is 20.2 Å². The summed E-state index contributed by atoms with van der Waals surface area (Å²) in [7, 11) is -2.98. The molecule has 0 saturated carbocycles. The summed E-state index contributed by atoms with van der Waals surface area (Å²) in [6, 6.07) is 0. The van der Waals surface area contributed by atoms with E-state index in [9.17, 15) is 4.57 Å². The fraction of sp³-hybridized carbons (Fsp3) is 1.00. The summed E-state index contributed by atoms with van der Waals surface area (Å²) < 4.78 is 10.6. The monoisotopic (exact) mass is 183 g/mol. The minimum Gasteiger partial charge on any atom is -0.271 e. The lowest BCUT2D eigenvalue weighted by molar-refractivity contribution is 0.564. The summed E-state index contributed by atoms with van der Waals surface area (Å²) in [5.74, 6) is 0.834. The van der Waals surface area contributed by atoms with Gasteiger partial charge in [-0.05, 0) is 18.6 Å². The molecule has 0 atom stereocenters. The number of hydrogen-bond acceptors (Lipinski definition) is 2. The molecular weight excluding hydrogens is 169 g/mol. The van der Waals surface area contributed by atoms with Gasteiger partial charge in [0.2, 0.25) is 0 Å². The number of rotatable bonds is 5. The van der Waals surface area contributed by atoms with Crippen LogP contribution in [0.15, 0.2) is 0 Å². The van der Waals surface area contributed by atoms with E-state index in [0.717, 1.165) is 18.6 Å². The zero-order chi connectivity index (χ0) is 8.04. The Balaban J connectivity index is 3.13. The molecule has 4 nitrogen and oxygen atoms in total. The highest BCUT2D eigenvalue weighted by Gasteiger charge is 2.03. The van der Waals surface area contributed by atoms with E-state index in [4.69, 9.17) is 11.0 Å². The molecule has 0 fully saturated rings. The molecule has 0 aromatic rings. The molecule has 62 valence electrons. The molecule has 0 radical (unpaired) electrons. The van der Waals surface area contributed by atoms with Gasteiger partial charge in [-0.1, -0.05) is 0 Å². The predicted octanol–water partition coefficient (Wildman–Crippen LogP) is 0.311. The second-order valence-corrected chi connectivity index (χ2v) is 4.23. The highest BCUT2D eigenvalue weighted by Crippen LogP contribution is 2.16. The second-order valence-electron chi connectivity index (χ2n) is 2.05. The summed E-state index contributed by atoms with van der Waals surface area (Å²) in [5, 5.41) is 2.53. The Bertz CT molecular complexity index is 126. The zero-order valence-electron chi connectivity index (χ0n) is 5.79. The van der Waals surface area contributed by atoms with Gasteiger partial charge in [-0.25, -0.2) is 5.09 Å². The van der Waals surface area contributed by atoms with Crippen LogP contribution in [0.3, 0.4) is 0 Å². The summed E-state index contributed by atoms with van der Waals surface area (Å²) in [6.07, 6.45) is 1.89. The van der Waals surface area contributed by atoms with Crippen LogP contribution in [0.4, 0.5) is 0 Å². The van der Waals surface area contributed by atoms with Gasteiger partial charge in [-0.2, -0.15) is 12.6 Å². The lowest BCUT2D eigenvalue weighted by Crippen LogP contribution is -2.23. The normalized spacial score (nSPS) is 11.9. The van der Waals surface area contributed by atoms with E-state index in [1.807, 2.05) is 0 Å². The maximum atomic E-state index is 10.6. The average molecular weight is 183 g/mol. The van der Waals surface area contributed by atoms with E-state index in [-0.39, 0.29) is 0 Å². The Morgan fingerprint density at radius 3 is 2.40 bits per heavy atom. The minimum atomic E-state index is -2.98. The van der Waals surface area contributed by atoms with Crippen molar-refractivity contribution in [3.8, 4) is 0 Å². The molecule has 0 unspecified atom stereocenters. The van der Waals surface area contributed by atoms with E-state index in [1.165, 1.54) is 0 Å². The lowest BCUT2D eigenvalue weighted by atomic mass is 10.3. The fourth-order valence-corrected chi connectivity index (χ4v) is 1.22. The van der Waals surface area contributed by atoms with Crippen LogP contribution in [0.2, 0.25) is 0 Å². The zero-order valence-corrected chi connectivity index (χ0v) is 7.57. The molecule has 6 heteroatoms. The van der Waals surface area contributed by atoms with Crippen LogP contribution in [0.25, 0.3) is 0 Å². The quantitative estimate of drug-likeness (QED) is 0.281. The molecule has 5 N–H and O–H groups in total. The van der Waals surface area contributed by atoms with Gasteiger partial charge >= 0.3 is 0 Å². The van der Waals surface area contributed by atoms with Crippen molar-refractivity contribution in [1.82, 2.24) is 5.09 Å². The van der Waals surface area contributed by atoms with Crippen molar-refractivity contribution >= 4 is 20.2 Å². The molecule has 0 aliphatic heterocycles. The van der Waals surface area contributed by atoms with Gasteiger partial charge in [-0.15, -0.1) is 0 Å². The first-order valence-electron chi connectivity index (χ1n) is 3.09. The van der Waals surface area contributed by atoms with Gasteiger partial charge in [0.25, 0.3) is 7.59 Å². The average Bonchev–Trinajstić information content (AvgIpc) is 1.78. The van der Waals surface area contributed by atoms with Crippen LogP contribution in [-0.2, 0) is 4.57 Å². The smallest absolute Gasteiger partial charge is 0.271 e. The molecule has 0 aliphatic carbocycles. The number of hydrogen-bond donors (Lipinski definition) is 4. The standard InChI is InChI=1S/C4H14N3OPS/c5-9(6,8)7-3-1-2-4-10/h10H,1-4H2,(H5,5,6,7,8). The van der Waals surface area contributed by atoms with Crippen LogP contribution in [0, 0.1) is 0 Å². The van der Waals surface area contributed by atoms with Gasteiger partial charge in [0.1, 0.15) is 0 Å². The molecule has 0 aromatic heterocycles. The predicted molar refractivity (Wildman–Crippen MR) is 47.1 cm³/mol. The molecule has 0 rings (SSSR count). The van der Waals surface area contributed by atoms with Crippen LogP contribution in [-0.4, -0.2) is 12.3 Å². The molecule has 0 aromatic carbocycles. The van der Waals surface area contributed by atoms with E-state index >= 15 is 0 Å². The van der Waals surface area contributed by atoms with Crippen molar-refractivity contribution < 1.29 is 4.57 Å². The molecule has 0 saturated heterocycles. The van der Waals surface area contributed by atoms with Gasteiger partial charge in [0.15, 0.2) is 0 Å². The highest BCUT2D eigenvalue weighted by atomic mass is 32.1. The number of nitrogens with one attached hydrogen (secondary N) is 1. The van der Waals surface area contributed by atoms with Gasteiger partial charge in [0.05, 0.1) is 0 Å². The highest BCUT2D eigenvalue weighted by molar-refractivity contribution is 7.80. The first kappa shape index (κ1) is 10.5. The summed E-state index contributed by atoms with van der Waals surface area (Å²) in [4.78, 5) is 0. The fourth-order valence-electron chi connectivity index (χ4n) is 0.491. The van der Waals surface area contributed by atoms with Crippen molar-refractivity contribution in [2.45, 2.75) is 12.8 Å². The maximum Gasteiger partial charge on any atom is 0.273 e. The Morgan fingerprint density at radius 2 is 2.00 bits per heavy atom. The SMILES string of the molecule is NP(N)(=O)NCCCCS. The van der Waals surface area contributed by atoms with Crippen LogP contribution in [0.5, 0.6) is 0 Å². The number of unbranched alkanes of at least 4 members (excludes halogenated alkanes) is 1. The molecule has 0 bridgehead atoms. The number of thiol groups is 1. The number of nitrogens with two attached hydrogens (primary N) is 2. The maximum absolute atomic E-state index is 10.6. The first-order valence-corrected chi connectivity index (χ1v) is 5.57. The van der Waals surface area contributed by atoms with Crippen LogP contribution in [0.1, 0.15) is 12.8 Å². The van der Waals surface area contributed by atoms with Crippen molar-refractivity contribution in [2.75, 3.05) is 12.3 Å². The van der Waals surface area contributed by atoms with Gasteiger partial charge < -0.3 is 0 Å². The molecule has 0 heterocycles. The Labute approximate surface area is 66.7 Å². The first-order chi connectivity index (χ1) is 4.56. The third kappa shape index (κ3) is 8.46. The summed E-state index contributed by atoms with van der Waals surface area (Å²) >= 11 is 4.01. The third-order valence-corrected chi connectivity index (χ3v) is 1.98. The molecule has 0 spiro atoms. The van der Waals surface area contributed by atoms with E-state index in [2.05, 4.69) is 17.7 Å². The largest absolute Gasteiger partial charge is 0.273 e. The Morgan fingerprint density at radius 1 is 1.40 bits per heavy atom. The summed E-state index contributed by atoms with van der Waals surface area (Å²) in [5.41, 5.74) is 10.0. The van der Waals surface area contributed by atoms with Crippen molar-refractivity contribution in [3.63, 3.8) is 0 Å². The van der Waals surface area contributed by atoms with Crippen molar-refractivity contribution in [1.29, 1.82) is 0 Å². The molecule has 10 heavy (non-hydrogen) atoms. The molecule has 0 aliphatic rings. The molecular formula is C4H14N3OPS. The van der Waals surface area contributed by atoms with E-state index in [1.54, 1.807) is 0 Å². The Kier molecular flexibility index (Phi) is 5.39. The van der Waals surface area contributed by atoms with E-state index < -0.39 is 7.59 Å². The van der Waals surface area contributed by atoms with Crippen LogP contribution < -0.4 is 16.1 Å². The lowest BCUT2D eigenvalue weighted by Gasteiger charge is -2.06.